The summed E-state index contributed by atoms with van der Waals surface area (Å²) >= 11 is 0. The number of carboxylic acid groups (broad SMARTS) is 1. The molecule has 2 fully saturated rings. The van der Waals surface area contributed by atoms with Crippen LogP contribution >= 0.6 is 0 Å². The van der Waals surface area contributed by atoms with Gasteiger partial charge in [0.1, 0.15) is 11.2 Å². The van der Waals surface area contributed by atoms with Crippen molar-refractivity contribution in [3.05, 3.63) is 18.0 Å². The molecule has 7 heteroatoms. The fourth-order valence-corrected chi connectivity index (χ4v) is 4.13. The van der Waals surface area contributed by atoms with E-state index in [9.17, 15) is 14.7 Å². The fourth-order valence-electron chi connectivity index (χ4n) is 4.13. The molecule has 0 aromatic carbocycles. The maximum atomic E-state index is 12.6. The van der Waals surface area contributed by atoms with Crippen molar-refractivity contribution in [1.29, 1.82) is 0 Å². The third-order valence-electron chi connectivity index (χ3n) is 6.00. The normalized spacial score (nSPS) is 28.5. The highest BCUT2D eigenvalue weighted by molar-refractivity contribution is 5.97. The van der Waals surface area contributed by atoms with Gasteiger partial charge in [-0.2, -0.15) is 5.10 Å². The maximum Gasteiger partial charge on any atom is 0.330 e. The minimum Gasteiger partial charge on any atom is -0.479 e. The summed E-state index contributed by atoms with van der Waals surface area (Å²) in [4.78, 5) is 24.6. The van der Waals surface area contributed by atoms with E-state index in [1.807, 2.05) is 31.6 Å². The number of aliphatic carboxylic acids is 1. The molecule has 2 unspecified atom stereocenters. The largest absolute Gasteiger partial charge is 0.479 e. The van der Waals surface area contributed by atoms with Crippen LogP contribution < -0.4 is 5.32 Å². The summed E-state index contributed by atoms with van der Waals surface area (Å²) in [6, 6.07) is 2.01. The van der Waals surface area contributed by atoms with Crippen molar-refractivity contribution in [1.82, 2.24) is 15.1 Å². The Labute approximate surface area is 147 Å². The number of carbonyl (C=O) groups excluding carboxylic acids is 1. The molecule has 0 spiro atoms. The van der Waals surface area contributed by atoms with E-state index in [2.05, 4.69) is 10.4 Å². The summed E-state index contributed by atoms with van der Waals surface area (Å²) in [7, 11) is 0. The molecule has 7 nitrogen and oxygen atoms in total. The molecule has 2 aliphatic carbocycles. The Kier molecular flexibility index (Phi) is 4.62. The Morgan fingerprint density at radius 1 is 1.40 bits per heavy atom. The van der Waals surface area contributed by atoms with Crippen LogP contribution in [0.25, 0.3) is 0 Å². The van der Waals surface area contributed by atoms with Crippen LogP contribution in [0.15, 0.2) is 12.3 Å². The molecular formula is C18H27N3O4. The summed E-state index contributed by atoms with van der Waals surface area (Å²) in [6.45, 7) is 6.04. The standard InChI is InChI=1S/C18H27N3O4/c1-4-25-14-11-18(16(23)24,17(14,2)3)19-15(22)13-9-10-21(20-13)12-7-5-6-8-12/h9-10,12,14H,4-8,11H2,1-3H3,(H,19,22)(H,23,24). The maximum absolute atomic E-state index is 12.6. The van der Waals surface area contributed by atoms with Gasteiger partial charge in [0.15, 0.2) is 0 Å². The van der Waals surface area contributed by atoms with E-state index in [1.165, 1.54) is 12.8 Å². The lowest BCUT2D eigenvalue weighted by atomic mass is 9.54. The first-order valence-electron chi connectivity index (χ1n) is 9.04. The molecule has 2 N–H and O–H groups in total. The smallest absolute Gasteiger partial charge is 0.330 e. The van der Waals surface area contributed by atoms with E-state index in [1.54, 1.807) is 6.07 Å². The van der Waals surface area contributed by atoms with E-state index in [4.69, 9.17) is 4.74 Å². The van der Waals surface area contributed by atoms with E-state index in [0.29, 0.717) is 12.6 Å². The Hall–Kier alpha value is -1.89. The van der Waals surface area contributed by atoms with Gasteiger partial charge in [-0.15, -0.1) is 0 Å². The molecule has 0 aliphatic heterocycles. The van der Waals surface area contributed by atoms with Crippen molar-refractivity contribution >= 4 is 11.9 Å². The van der Waals surface area contributed by atoms with E-state index in [-0.39, 0.29) is 18.2 Å². The Morgan fingerprint density at radius 3 is 2.64 bits per heavy atom. The highest BCUT2D eigenvalue weighted by Gasteiger charge is 2.66. The SMILES string of the molecule is CCOC1CC(NC(=O)c2ccn(C3CCCC3)n2)(C(=O)O)C1(C)C. The van der Waals surface area contributed by atoms with Crippen LogP contribution in [-0.4, -0.2) is 45.0 Å². The van der Waals surface area contributed by atoms with Crippen molar-refractivity contribution in [3.8, 4) is 0 Å². The van der Waals surface area contributed by atoms with Crippen molar-refractivity contribution in [2.75, 3.05) is 6.61 Å². The van der Waals surface area contributed by atoms with Crippen LogP contribution in [0.3, 0.4) is 0 Å². The Morgan fingerprint density at radius 2 is 2.08 bits per heavy atom. The second-order valence-electron chi connectivity index (χ2n) is 7.65. The van der Waals surface area contributed by atoms with E-state index >= 15 is 0 Å². The third kappa shape index (κ3) is 2.84. The molecule has 1 aromatic heterocycles. The number of rotatable bonds is 6. The lowest BCUT2D eigenvalue weighted by molar-refractivity contribution is -0.190. The second kappa shape index (κ2) is 6.44. The molecule has 2 aliphatic rings. The zero-order valence-electron chi connectivity index (χ0n) is 15.1. The summed E-state index contributed by atoms with van der Waals surface area (Å²) < 4.78 is 7.46. The van der Waals surface area contributed by atoms with Crippen LogP contribution in [0.1, 0.15) is 69.4 Å². The Balaban J connectivity index is 1.75. The van der Waals surface area contributed by atoms with Gasteiger partial charge in [-0.1, -0.05) is 26.7 Å². The van der Waals surface area contributed by atoms with Gasteiger partial charge in [0.2, 0.25) is 0 Å². The summed E-state index contributed by atoms with van der Waals surface area (Å²) in [5.41, 5.74) is -1.76. The van der Waals surface area contributed by atoms with Gasteiger partial charge in [0.05, 0.1) is 12.1 Å². The topological polar surface area (TPSA) is 93.5 Å². The summed E-state index contributed by atoms with van der Waals surface area (Å²) in [6.07, 6.45) is 6.40. The highest BCUT2D eigenvalue weighted by Crippen LogP contribution is 2.51. The zero-order valence-corrected chi connectivity index (χ0v) is 15.1. The average Bonchev–Trinajstić information content (AvgIpc) is 3.23. The summed E-state index contributed by atoms with van der Waals surface area (Å²) in [5.74, 6) is -1.47. The molecule has 1 heterocycles. The second-order valence-corrected chi connectivity index (χ2v) is 7.65. The first-order chi connectivity index (χ1) is 11.8. The molecule has 3 rings (SSSR count). The minimum absolute atomic E-state index is 0.190. The highest BCUT2D eigenvalue weighted by atomic mass is 16.5. The number of hydrogen-bond donors (Lipinski definition) is 2. The molecule has 0 bridgehead atoms. The molecule has 138 valence electrons. The molecule has 0 radical (unpaired) electrons. The molecule has 2 atom stereocenters. The molecule has 1 aromatic rings. The zero-order chi connectivity index (χ0) is 18.2. The number of nitrogens with one attached hydrogen (secondary N) is 1. The molecule has 1 amide bonds. The van der Waals surface area contributed by atoms with Crippen LogP contribution in [0.4, 0.5) is 0 Å². The first-order valence-corrected chi connectivity index (χ1v) is 9.04. The number of carbonyl (C=O) groups is 2. The summed E-state index contributed by atoms with van der Waals surface area (Å²) in [5, 5.41) is 16.9. The lowest BCUT2D eigenvalue weighted by Gasteiger charge is -2.58. The number of ether oxygens (including phenoxy) is 1. The van der Waals surface area contributed by atoms with Crippen LogP contribution in [0.5, 0.6) is 0 Å². The lowest BCUT2D eigenvalue weighted by Crippen LogP contribution is -2.76. The number of hydrogen-bond acceptors (Lipinski definition) is 4. The molecule has 25 heavy (non-hydrogen) atoms. The molecular weight excluding hydrogens is 322 g/mol. The van der Waals surface area contributed by atoms with Gasteiger partial charge in [0.25, 0.3) is 5.91 Å². The van der Waals surface area contributed by atoms with Gasteiger partial charge < -0.3 is 15.2 Å². The minimum atomic E-state index is -1.33. The molecule has 2 saturated carbocycles. The number of carboxylic acids is 1. The van der Waals surface area contributed by atoms with Crippen molar-refractivity contribution in [2.24, 2.45) is 5.41 Å². The number of amides is 1. The van der Waals surface area contributed by atoms with Gasteiger partial charge in [-0.25, -0.2) is 4.79 Å². The third-order valence-corrected chi connectivity index (χ3v) is 6.00. The quantitative estimate of drug-likeness (QED) is 0.822. The first kappa shape index (κ1) is 17.9. The van der Waals surface area contributed by atoms with Gasteiger partial charge in [-0.3, -0.25) is 9.48 Å². The Bertz CT molecular complexity index is 663. The fraction of sp³-hybridized carbons (Fsp3) is 0.722. The van der Waals surface area contributed by atoms with Crippen LogP contribution in [-0.2, 0) is 9.53 Å². The van der Waals surface area contributed by atoms with Crippen molar-refractivity contribution < 1.29 is 19.4 Å². The van der Waals surface area contributed by atoms with Gasteiger partial charge >= 0.3 is 5.97 Å². The van der Waals surface area contributed by atoms with E-state index in [0.717, 1.165) is 12.8 Å². The molecule has 0 saturated heterocycles. The predicted molar refractivity (Wildman–Crippen MR) is 91.4 cm³/mol. The van der Waals surface area contributed by atoms with E-state index < -0.39 is 22.8 Å². The van der Waals surface area contributed by atoms with Gasteiger partial charge in [0, 0.05) is 24.6 Å². The number of aromatic nitrogens is 2. The van der Waals surface area contributed by atoms with Crippen LogP contribution in [0, 0.1) is 5.41 Å². The predicted octanol–water partition coefficient (Wildman–Crippen LogP) is 2.39. The van der Waals surface area contributed by atoms with Crippen molar-refractivity contribution in [3.63, 3.8) is 0 Å². The number of nitrogens with zero attached hydrogens (tertiary/aromatic N) is 2. The monoisotopic (exact) mass is 349 g/mol. The van der Waals surface area contributed by atoms with Gasteiger partial charge in [-0.05, 0) is 25.8 Å². The average molecular weight is 349 g/mol. The van der Waals surface area contributed by atoms with Crippen molar-refractivity contribution in [2.45, 2.75) is 70.6 Å². The van der Waals surface area contributed by atoms with Crippen LogP contribution in [0.2, 0.25) is 0 Å².